The Kier molecular flexibility index (Phi) is 4.71. The quantitative estimate of drug-likeness (QED) is 0.689. The van der Waals surface area contributed by atoms with E-state index in [1.807, 2.05) is 30.4 Å². The lowest BCUT2D eigenvalue weighted by Gasteiger charge is -2.09. The highest BCUT2D eigenvalue weighted by Gasteiger charge is 2.30. The van der Waals surface area contributed by atoms with Crippen LogP contribution in [0.3, 0.4) is 0 Å². The Morgan fingerprint density at radius 2 is 1.86 bits per heavy atom. The van der Waals surface area contributed by atoms with Gasteiger partial charge in [0.25, 0.3) is 5.89 Å². The molecule has 2 heterocycles. The van der Waals surface area contributed by atoms with Crippen LogP contribution in [0.5, 0.6) is 0 Å². The third-order valence-electron chi connectivity index (χ3n) is 4.18. The van der Waals surface area contributed by atoms with Gasteiger partial charge in [0, 0.05) is 11.1 Å². The second kappa shape index (κ2) is 7.34. The van der Waals surface area contributed by atoms with E-state index in [-0.39, 0.29) is 28.7 Å². The van der Waals surface area contributed by atoms with Crippen molar-refractivity contribution in [2.75, 3.05) is 5.73 Å². The van der Waals surface area contributed by atoms with Crippen LogP contribution in [0, 0.1) is 0 Å². The van der Waals surface area contributed by atoms with Gasteiger partial charge in [0.15, 0.2) is 11.5 Å². The first-order chi connectivity index (χ1) is 13.9. The number of hydrogen-bond acceptors (Lipinski definition) is 6. The van der Waals surface area contributed by atoms with Crippen LogP contribution in [0.4, 0.5) is 19.0 Å². The van der Waals surface area contributed by atoms with Crippen LogP contribution in [-0.4, -0.2) is 20.2 Å². The van der Waals surface area contributed by atoms with Crippen molar-refractivity contribution in [3.05, 3.63) is 72.3 Å². The number of allylic oxidation sites excluding steroid dienone is 6. The summed E-state index contributed by atoms with van der Waals surface area (Å²) in [6.07, 6.45) is 6.89. The zero-order chi connectivity index (χ0) is 20.4. The lowest BCUT2D eigenvalue weighted by atomic mass is 10.1. The number of hydrogen-bond donors (Lipinski definition) is 1. The van der Waals surface area contributed by atoms with Crippen LogP contribution in [0.1, 0.15) is 17.9 Å². The maximum atomic E-state index is 13.0. The molecular formula is C20H14F3N5O. The van der Waals surface area contributed by atoms with Gasteiger partial charge in [0.2, 0.25) is 5.89 Å². The van der Waals surface area contributed by atoms with Crippen molar-refractivity contribution in [1.29, 1.82) is 0 Å². The molecule has 29 heavy (non-hydrogen) atoms. The Morgan fingerprint density at radius 1 is 1.03 bits per heavy atom. The number of nitrogen functional groups attached to an aromatic ring is 1. The third kappa shape index (κ3) is 3.93. The number of nitrogens with two attached hydrogens (primary N) is 1. The second-order valence-corrected chi connectivity index (χ2v) is 6.19. The molecule has 0 saturated heterocycles. The minimum atomic E-state index is -4.46. The predicted molar refractivity (Wildman–Crippen MR) is 101 cm³/mol. The molecule has 0 fully saturated rings. The molecule has 9 heteroatoms. The molecule has 146 valence electrons. The molecule has 0 radical (unpaired) electrons. The van der Waals surface area contributed by atoms with Crippen LogP contribution in [0.25, 0.3) is 28.4 Å². The predicted octanol–water partition coefficient (Wildman–Crippen LogP) is 4.69. The van der Waals surface area contributed by atoms with Gasteiger partial charge in [-0.15, -0.1) is 10.2 Å². The number of halogens is 3. The van der Waals surface area contributed by atoms with E-state index in [0.29, 0.717) is 12.3 Å². The van der Waals surface area contributed by atoms with Crippen LogP contribution in [0.2, 0.25) is 0 Å². The smallest absolute Gasteiger partial charge is 0.415 e. The Hall–Kier alpha value is -3.75. The third-order valence-corrected chi connectivity index (χ3v) is 4.18. The molecule has 4 rings (SSSR count). The summed E-state index contributed by atoms with van der Waals surface area (Å²) in [5.41, 5.74) is 6.49. The summed E-state index contributed by atoms with van der Waals surface area (Å²) >= 11 is 0. The van der Waals surface area contributed by atoms with E-state index >= 15 is 0 Å². The van der Waals surface area contributed by atoms with Crippen molar-refractivity contribution in [1.82, 2.24) is 20.2 Å². The second-order valence-electron chi connectivity index (χ2n) is 6.19. The molecule has 0 aliphatic heterocycles. The Morgan fingerprint density at radius 3 is 2.69 bits per heavy atom. The summed E-state index contributed by atoms with van der Waals surface area (Å²) < 4.78 is 44.7. The maximum absolute atomic E-state index is 13.0. The Labute approximate surface area is 163 Å². The standard InChI is InChI=1S/C20H14F3N5O/c21-20(22,23)14-9-5-8-13(10-14)15-11-25-17(24)16(26-15)19-28-27-18(29-19)12-6-3-1-2-4-7-12/h1-6,8-11H,7H2,(H2,24,25). The van der Waals surface area contributed by atoms with E-state index < -0.39 is 11.7 Å². The fourth-order valence-corrected chi connectivity index (χ4v) is 2.73. The molecule has 0 spiro atoms. The SMILES string of the molecule is Nc1ncc(-c2cccc(C(F)(F)F)c2)nc1-c1nnc(C2=CC=CC=CC2)o1. The monoisotopic (exact) mass is 397 g/mol. The van der Waals surface area contributed by atoms with Crippen LogP contribution in [-0.2, 0) is 6.18 Å². The van der Waals surface area contributed by atoms with Gasteiger partial charge in [-0.05, 0) is 18.6 Å². The van der Waals surface area contributed by atoms with E-state index in [1.165, 1.54) is 18.3 Å². The fraction of sp³-hybridized carbons (Fsp3) is 0.100. The molecule has 0 amide bonds. The summed E-state index contributed by atoms with van der Waals surface area (Å²) in [7, 11) is 0. The number of alkyl halides is 3. The minimum absolute atomic E-state index is 0.0329. The van der Waals surface area contributed by atoms with Gasteiger partial charge >= 0.3 is 6.18 Å². The van der Waals surface area contributed by atoms with Gasteiger partial charge in [-0.3, -0.25) is 0 Å². The van der Waals surface area contributed by atoms with Crippen LogP contribution in [0.15, 0.2) is 65.3 Å². The molecule has 1 aromatic carbocycles. The van der Waals surface area contributed by atoms with Crippen molar-refractivity contribution < 1.29 is 17.6 Å². The zero-order valence-corrected chi connectivity index (χ0v) is 14.9. The fourth-order valence-electron chi connectivity index (χ4n) is 2.73. The van der Waals surface area contributed by atoms with E-state index in [2.05, 4.69) is 20.2 Å². The summed E-state index contributed by atoms with van der Waals surface area (Å²) in [6.45, 7) is 0. The molecule has 3 aromatic rings. The van der Waals surface area contributed by atoms with Gasteiger partial charge in [-0.1, -0.05) is 42.5 Å². The van der Waals surface area contributed by atoms with E-state index in [4.69, 9.17) is 10.2 Å². The molecular weight excluding hydrogens is 383 g/mol. The van der Waals surface area contributed by atoms with Crippen molar-refractivity contribution in [3.8, 4) is 22.8 Å². The van der Waals surface area contributed by atoms with E-state index in [1.54, 1.807) is 0 Å². The molecule has 0 saturated carbocycles. The lowest BCUT2D eigenvalue weighted by molar-refractivity contribution is -0.137. The van der Waals surface area contributed by atoms with Crippen molar-refractivity contribution >= 4 is 11.4 Å². The molecule has 1 aliphatic carbocycles. The number of anilines is 1. The van der Waals surface area contributed by atoms with Gasteiger partial charge < -0.3 is 10.2 Å². The number of aromatic nitrogens is 4. The van der Waals surface area contributed by atoms with E-state index in [9.17, 15) is 13.2 Å². The molecule has 6 nitrogen and oxygen atoms in total. The molecule has 2 aromatic heterocycles. The number of nitrogens with zero attached hydrogens (tertiary/aromatic N) is 4. The summed E-state index contributed by atoms with van der Waals surface area (Å²) in [5, 5.41) is 8.00. The summed E-state index contributed by atoms with van der Waals surface area (Å²) in [4.78, 5) is 8.34. The molecule has 0 bridgehead atoms. The average Bonchev–Trinajstić information content (AvgIpc) is 3.03. The van der Waals surface area contributed by atoms with Crippen molar-refractivity contribution in [2.24, 2.45) is 0 Å². The maximum Gasteiger partial charge on any atom is 0.416 e. The summed E-state index contributed by atoms with van der Waals surface area (Å²) in [5.74, 6) is 0.379. The van der Waals surface area contributed by atoms with Crippen LogP contribution >= 0.6 is 0 Å². The van der Waals surface area contributed by atoms with Gasteiger partial charge in [0.05, 0.1) is 17.5 Å². The minimum Gasteiger partial charge on any atom is -0.415 e. The van der Waals surface area contributed by atoms with Gasteiger partial charge in [-0.25, -0.2) is 9.97 Å². The highest BCUT2D eigenvalue weighted by Crippen LogP contribution is 2.33. The first-order valence-electron chi connectivity index (χ1n) is 8.58. The Bertz CT molecular complexity index is 1150. The first-order valence-corrected chi connectivity index (χ1v) is 8.58. The zero-order valence-electron chi connectivity index (χ0n) is 14.9. The van der Waals surface area contributed by atoms with E-state index in [0.717, 1.165) is 17.7 Å². The van der Waals surface area contributed by atoms with Crippen LogP contribution < -0.4 is 5.73 Å². The topological polar surface area (TPSA) is 90.7 Å². The highest BCUT2D eigenvalue weighted by molar-refractivity contribution is 5.69. The van der Waals surface area contributed by atoms with Gasteiger partial charge in [-0.2, -0.15) is 13.2 Å². The molecule has 1 aliphatic rings. The largest absolute Gasteiger partial charge is 0.416 e. The number of benzene rings is 1. The Balaban J connectivity index is 1.71. The van der Waals surface area contributed by atoms with Crippen molar-refractivity contribution in [2.45, 2.75) is 12.6 Å². The highest BCUT2D eigenvalue weighted by atomic mass is 19.4. The normalized spacial score (nSPS) is 14.0. The number of rotatable bonds is 3. The van der Waals surface area contributed by atoms with Crippen molar-refractivity contribution in [3.63, 3.8) is 0 Å². The molecule has 2 N–H and O–H groups in total. The molecule has 0 atom stereocenters. The van der Waals surface area contributed by atoms with Gasteiger partial charge in [0.1, 0.15) is 0 Å². The first kappa shape index (κ1) is 18.6. The summed E-state index contributed by atoms with van der Waals surface area (Å²) in [6, 6.07) is 4.80. The average molecular weight is 397 g/mol. The molecule has 0 unspecified atom stereocenters. The lowest BCUT2D eigenvalue weighted by Crippen LogP contribution is -2.05.